The maximum Gasteiger partial charge on any atom is 0.412 e. The molecule has 0 aromatic rings. The molecule has 9 heteroatoms. The molecular formula is C33H62N4O5. The van der Waals surface area contributed by atoms with Crippen LogP contribution in [0.4, 0.5) is 4.79 Å². The number of likely N-dealkylation sites (N-methyl/N-ethyl adjacent to an activating group) is 1. The lowest BCUT2D eigenvalue weighted by Crippen LogP contribution is -2.53. The van der Waals surface area contributed by atoms with E-state index in [4.69, 9.17) is 9.47 Å². The second-order valence-corrected chi connectivity index (χ2v) is 14.8. The molecule has 244 valence electrons. The molecule has 0 bridgehead atoms. The summed E-state index contributed by atoms with van der Waals surface area (Å²) < 4.78 is 12.5. The van der Waals surface area contributed by atoms with Crippen LogP contribution in [0.2, 0.25) is 0 Å². The van der Waals surface area contributed by atoms with Crippen LogP contribution in [0.5, 0.6) is 0 Å². The van der Waals surface area contributed by atoms with Crippen LogP contribution in [0.1, 0.15) is 114 Å². The van der Waals surface area contributed by atoms with E-state index in [-0.39, 0.29) is 41.9 Å². The van der Waals surface area contributed by atoms with Gasteiger partial charge in [0.15, 0.2) is 0 Å². The third-order valence-corrected chi connectivity index (χ3v) is 8.96. The molecule has 0 radical (unpaired) electrons. The number of nitrogens with one attached hydrogen (secondary N) is 2. The maximum absolute atomic E-state index is 13.7. The van der Waals surface area contributed by atoms with Gasteiger partial charge in [0.1, 0.15) is 11.3 Å². The number of hydrogen-bond donors (Lipinski definition) is 2. The number of imide groups is 1. The number of hydrogen-bond acceptors (Lipinski definition) is 7. The van der Waals surface area contributed by atoms with Crippen molar-refractivity contribution in [3.8, 4) is 0 Å². The van der Waals surface area contributed by atoms with Crippen LogP contribution < -0.4 is 10.6 Å². The molecule has 3 amide bonds. The van der Waals surface area contributed by atoms with Gasteiger partial charge in [-0.05, 0) is 79.3 Å². The fraction of sp³-hybridized carbons (Fsp3) is 0.909. The monoisotopic (exact) mass is 594 g/mol. The van der Waals surface area contributed by atoms with E-state index in [1.165, 1.54) is 19.3 Å². The number of rotatable bonds is 13. The van der Waals surface area contributed by atoms with Gasteiger partial charge in [0.25, 0.3) is 0 Å². The summed E-state index contributed by atoms with van der Waals surface area (Å²) in [6, 6.07) is -0.654. The minimum Gasteiger partial charge on any atom is -0.444 e. The van der Waals surface area contributed by atoms with Gasteiger partial charge in [-0.15, -0.1) is 0 Å². The first-order valence-electron chi connectivity index (χ1n) is 16.4. The van der Waals surface area contributed by atoms with Crippen LogP contribution in [0.3, 0.4) is 0 Å². The van der Waals surface area contributed by atoms with Crippen molar-refractivity contribution in [3.05, 3.63) is 0 Å². The Labute approximate surface area is 256 Å². The summed E-state index contributed by atoms with van der Waals surface area (Å²) in [5.74, 6) is -0.419. The Morgan fingerprint density at radius 1 is 1.05 bits per heavy atom. The molecule has 1 saturated heterocycles. The lowest BCUT2D eigenvalue weighted by atomic mass is 9.81. The van der Waals surface area contributed by atoms with Crippen molar-refractivity contribution in [2.45, 2.75) is 143 Å². The van der Waals surface area contributed by atoms with E-state index in [1.807, 2.05) is 69.5 Å². The van der Waals surface area contributed by atoms with Gasteiger partial charge in [-0.3, -0.25) is 19.8 Å². The first-order chi connectivity index (χ1) is 19.5. The minimum absolute atomic E-state index is 0.0147. The average Bonchev–Trinajstić information content (AvgIpc) is 3.12. The zero-order chi connectivity index (χ0) is 31.8. The fourth-order valence-electron chi connectivity index (χ4n) is 6.42. The largest absolute Gasteiger partial charge is 0.444 e. The van der Waals surface area contributed by atoms with Gasteiger partial charge in [-0.25, -0.2) is 4.79 Å². The number of carbonyl (C=O) groups excluding carboxylic acids is 3. The molecule has 0 spiro atoms. The van der Waals surface area contributed by atoms with Gasteiger partial charge >= 0.3 is 6.09 Å². The van der Waals surface area contributed by atoms with Gasteiger partial charge in [0, 0.05) is 19.0 Å². The minimum atomic E-state index is -0.877. The predicted octanol–water partition coefficient (Wildman–Crippen LogP) is 5.57. The third kappa shape index (κ3) is 10.8. The van der Waals surface area contributed by atoms with Crippen molar-refractivity contribution in [3.63, 3.8) is 0 Å². The smallest absolute Gasteiger partial charge is 0.412 e. The summed E-state index contributed by atoms with van der Waals surface area (Å²) in [5.41, 5.74) is -1.51. The number of nitrogens with zero attached hydrogens (tertiary/aromatic N) is 2. The van der Waals surface area contributed by atoms with Gasteiger partial charge in [0.2, 0.25) is 11.8 Å². The summed E-state index contributed by atoms with van der Waals surface area (Å²) >= 11 is 0. The van der Waals surface area contributed by atoms with Gasteiger partial charge < -0.3 is 19.7 Å². The van der Waals surface area contributed by atoms with Crippen molar-refractivity contribution < 1.29 is 23.9 Å². The highest BCUT2D eigenvalue weighted by Gasteiger charge is 2.52. The topological polar surface area (TPSA) is 100 Å². The van der Waals surface area contributed by atoms with E-state index >= 15 is 0 Å². The number of carbonyl (C=O) groups is 3. The quantitative estimate of drug-likeness (QED) is 0.288. The second-order valence-electron chi connectivity index (χ2n) is 14.8. The fourth-order valence-corrected chi connectivity index (χ4v) is 6.42. The Morgan fingerprint density at radius 3 is 2.19 bits per heavy atom. The van der Waals surface area contributed by atoms with Crippen LogP contribution in [-0.2, 0) is 19.1 Å². The Balaban J connectivity index is 2.27. The Kier molecular flexibility index (Phi) is 13.8. The number of amides is 3. The molecular weight excluding hydrogens is 532 g/mol. The van der Waals surface area contributed by atoms with Crippen molar-refractivity contribution in [1.29, 1.82) is 0 Å². The highest BCUT2D eigenvalue weighted by Crippen LogP contribution is 2.41. The summed E-state index contributed by atoms with van der Waals surface area (Å²) in [4.78, 5) is 44.5. The zero-order valence-corrected chi connectivity index (χ0v) is 28.5. The highest BCUT2D eigenvalue weighted by molar-refractivity contribution is 5.98. The molecule has 5 atom stereocenters. The van der Waals surface area contributed by atoms with Crippen molar-refractivity contribution in [1.82, 2.24) is 20.4 Å². The van der Waals surface area contributed by atoms with Crippen LogP contribution in [0, 0.1) is 23.7 Å². The molecule has 2 aliphatic rings. The lowest BCUT2D eigenvalue weighted by molar-refractivity contribution is -0.137. The highest BCUT2D eigenvalue weighted by atomic mass is 16.6. The van der Waals surface area contributed by atoms with Crippen molar-refractivity contribution >= 4 is 17.9 Å². The summed E-state index contributed by atoms with van der Waals surface area (Å²) in [6.45, 7) is 19.0. The SMILES string of the molecule is CC[C@H](C)[C@H](NCCN(C)C)C(=O)NC(=O)[C@@H](C[C@@H]1OC(C)(C)N(C(=O)OC(C)(C)C)[C@H]1CC1CCCCC1)C(C)C. The van der Waals surface area contributed by atoms with E-state index < -0.39 is 23.3 Å². The van der Waals surface area contributed by atoms with E-state index in [0.717, 1.165) is 32.2 Å². The molecule has 1 aliphatic carbocycles. The Bertz CT molecular complexity index is 878. The molecule has 2 fully saturated rings. The molecule has 1 saturated carbocycles. The average molecular weight is 595 g/mol. The first kappa shape index (κ1) is 36.5. The predicted molar refractivity (Wildman–Crippen MR) is 168 cm³/mol. The van der Waals surface area contributed by atoms with Crippen LogP contribution >= 0.6 is 0 Å². The molecule has 9 nitrogen and oxygen atoms in total. The summed E-state index contributed by atoms with van der Waals surface area (Å²) in [5, 5.41) is 6.12. The number of ether oxygens (including phenoxy) is 2. The van der Waals surface area contributed by atoms with Gasteiger partial charge in [-0.2, -0.15) is 0 Å². The molecule has 0 aromatic heterocycles. The summed E-state index contributed by atoms with van der Waals surface area (Å²) in [7, 11) is 3.99. The lowest BCUT2D eigenvalue weighted by Gasteiger charge is -2.37. The Morgan fingerprint density at radius 2 is 1.67 bits per heavy atom. The maximum atomic E-state index is 13.7. The molecule has 2 N–H and O–H groups in total. The molecule has 1 aliphatic heterocycles. The van der Waals surface area contributed by atoms with Crippen molar-refractivity contribution in [2.75, 3.05) is 27.2 Å². The normalized spacial score (nSPS) is 23.6. The summed E-state index contributed by atoms with van der Waals surface area (Å²) in [6.07, 6.45) is 7.32. The van der Waals surface area contributed by atoms with Crippen LogP contribution in [0.25, 0.3) is 0 Å². The van der Waals surface area contributed by atoms with E-state index in [9.17, 15) is 14.4 Å². The van der Waals surface area contributed by atoms with Crippen LogP contribution in [-0.4, -0.2) is 84.4 Å². The van der Waals surface area contributed by atoms with Gasteiger partial charge in [-0.1, -0.05) is 66.2 Å². The first-order valence-corrected chi connectivity index (χ1v) is 16.4. The zero-order valence-electron chi connectivity index (χ0n) is 28.5. The second kappa shape index (κ2) is 15.8. The van der Waals surface area contributed by atoms with E-state index in [0.29, 0.717) is 18.9 Å². The van der Waals surface area contributed by atoms with Crippen molar-refractivity contribution in [2.24, 2.45) is 23.7 Å². The van der Waals surface area contributed by atoms with Crippen LogP contribution in [0.15, 0.2) is 0 Å². The van der Waals surface area contributed by atoms with Gasteiger partial charge in [0.05, 0.1) is 18.2 Å². The molecule has 2 rings (SSSR count). The molecule has 0 unspecified atom stereocenters. The standard InChI is InChI=1S/C33H62N4O5/c1-12-23(4)28(34-18-19-36(10)11)30(39)35-29(38)25(22(2)3)21-27-26(20-24-16-14-13-15-17-24)37(33(8,9)41-27)31(40)42-32(5,6)7/h22-28,34H,12-21H2,1-11H3,(H,35,38,39)/t23-,25-,26-,27-,28-/m0/s1. The molecule has 42 heavy (non-hydrogen) atoms. The molecule has 0 aromatic carbocycles. The molecule has 1 heterocycles. The Hall–Kier alpha value is -1.71. The van der Waals surface area contributed by atoms with E-state index in [1.54, 1.807) is 4.90 Å². The third-order valence-electron chi connectivity index (χ3n) is 8.96. The van der Waals surface area contributed by atoms with E-state index in [2.05, 4.69) is 22.5 Å².